The number of anilines is 1. The molecule has 2 aliphatic rings. The van der Waals surface area contributed by atoms with E-state index < -0.39 is 27.6 Å². The smallest absolute Gasteiger partial charge is 0.307 e. The van der Waals surface area contributed by atoms with Crippen molar-refractivity contribution in [1.29, 1.82) is 0 Å². The van der Waals surface area contributed by atoms with Crippen LogP contribution in [0.25, 0.3) is 0 Å². The Morgan fingerprint density at radius 1 is 1.03 bits per heavy atom. The Kier molecular flexibility index (Phi) is 6.72. The summed E-state index contributed by atoms with van der Waals surface area (Å²) in [6.45, 7) is 0. The van der Waals surface area contributed by atoms with Gasteiger partial charge in [-0.05, 0) is 61.9 Å². The molecule has 2 atom stereocenters. The number of sulfone groups is 1. The topological polar surface area (TPSA) is 118 Å². The van der Waals surface area contributed by atoms with Crippen molar-refractivity contribution >= 4 is 44.5 Å². The van der Waals surface area contributed by atoms with Crippen LogP contribution in [0.4, 0.5) is 5.69 Å². The lowest BCUT2D eigenvalue weighted by atomic mass is 9.76. The number of carbonyl (C=O) groups excluding carboxylic acids is 2. The first-order valence-corrected chi connectivity index (χ1v) is 13.9. The number of benzene rings is 1. The molecule has 1 heterocycles. The largest absolute Gasteiger partial charge is 0.481 e. The molecule has 2 aliphatic carbocycles. The Labute approximate surface area is 197 Å². The van der Waals surface area contributed by atoms with Crippen molar-refractivity contribution in [3.05, 3.63) is 45.1 Å². The summed E-state index contributed by atoms with van der Waals surface area (Å²) in [6, 6.07) is 5.99. The Balaban J connectivity index is 1.57. The second-order valence-electron chi connectivity index (χ2n) is 8.88. The predicted molar refractivity (Wildman–Crippen MR) is 126 cm³/mol. The molecule has 1 saturated carbocycles. The number of rotatable bonds is 7. The number of nitrogens with one attached hydrogen (secondary N) is 1. The summed E-state index contributed by atoms with van der Waals surface area (Å²) in [6.07, 6.45) is 6.57. The van der Waals surface area contributed by atoms with Crippen LogP contribution in [0.5, 0.6) is 0 Å². The molecule has 1 aromatic heterocycles. The minimum Gasteiger partial charge on any atom is -0.481 e. The minimum atomic E-state index is -3.33. The van der Waals surface area contributed by atoms with Gasteiger partial charge in [0.05, 0.1) is 16.4 Å². The average molecular weight is 490 g/mol. The zero-order valence-corrected chi connectivity index (χ0v) is 20.1. The molecule has 176 valence electrons. The SMILES string of the molecule is CS(=O)(=O)c1ccc(NC(=O)c2c(CC(=O)C3CCCCC3C(=O)O)sc3c2CCC3)cc1. The molecule has 0 radical (unpaired) electrons. The highest BCUT2D eigenvalue weighted by Crippen LogP contribution is 2.38. The van der Waals surface area contributed by atoms with Gasteiger partial charge in [-0.15, -0.1) is 11.3 Å². The fraction of sp³-hybridized carbons (Fsp3) is 0.458. The quantitative estimate of drug-likeness (QED) is 0.609. The molecule has 1 amide bonds. The summed E-state index contributed by atoms with van der Waals surface area (Å²) in [4.78, 5) is 40.0. The molecule has 33 heavy (non-hydrogen) atoms. The van der Waals surface area contributed by atoms with Crippen LogP contribution in [0.3, 0.4) is 0 Å². The van der Waals surface area contributed by atoms with Crippen molar-refractivity contribution in [3.63, 3.8) is 0 Å². The van der Waals surface area contributed by atoms with E-state index in [1.54, 1.807) is 12.1 Å². The highest BCUT2D eigenvalue weighted by molar-refractivity contribution is 7.90. The molecule has 7 nitrogen and oxygen atoms in total. The first-order chi connectivity index (χ1) is 15.6. The van der Waals surface area contributed by atoms with E-state index in [1.807, 2.05) is 0 Å². The molecular weight excluding hydrogens is 462 g/mol. The molecule has 0 aliphatic heterocycles. The van der Waals surface area contributed by atoms with Crippen LogP contribution in [0.1, 0.15) is 57.8 Å². The Morgan fingerprint density at radius 3 is 2.33 bits per heavy atom. The van der Waals surface area contributed by atoms with Crippen LogP contribution in [-0.4, -0.2) is 37.4 Å². The summed E-state index contributed by atoms with van der Waals surface area (Å²) in [5.41, 5.74) is 1.98. The normalized spacial score (nSPS) is 20.3. The molecule has 0 bridgehead atoms. The third-order valence-electron chi connectivity index (χ3n) is 6.59. The predicted octanol–water partition coefficient (Wildman–Crippen LogP) is 3.90. The average Bonchev–Trinajstić information content (AvgIpc) is 3.34. The number of fused-ring (bicyclic) bond motifs is 1. The van der Waals surface area contributed by atoms with Gasteiger partial charge in [0.15, 0.2) is 9.84 Å². The van der Waals surface area contributed by atoms with Gasteiger partial charge >= 0.3 is 5.97 Å². The number of ketones is 1. The van der Waals surface area contributed by atoms with E-state index in [9.17, 15) is 27.9 Å². The molecule has 2 unspecified atom stereocenters. The van der Waals surface area contributed by atoms with Crippen molar-refractivity contribution in [2.45, 2.75) is 56.3 Å². The monoisotopic (exact) mass is 489 g/mol. The van der Waals surface area contributed by atoms with Crippen molar-refractivity contribution in [3.8, 4) is 0 Å². The second kappa shape index (κ2) is 9.38. The Hall–Kier alpha value is -2.52. The Morgan fingerprint density at radius 2 is 1.70 bits per heavy atom. The van der Waals surface area contributed by atoms with E-state index >= 15 is 0 Å². The zero-order valence-electron chi connectivity index (χ0n) is 18.4. The van der Waals surface area contributed by atoms with Crippen molar-refractivity contribution in [2.24, 2.45) is 11.8 Å². The van der Waals surface area contributed by atoms with Gasteiger partial charge in [-0.2, -0.15) is 0 Å². The third kappa shape index (κ3) is 5.04. The molecule has 0 saturated heterocycles. The molecule has 4 rings (SSSR count). The number of carboxylic acid groups (broad SMARTS) is 1. The van der Waals surface area contributed by atoms with Gasteiger partial charge in [-0.3, -0.25) is 14.4 Å². The number of amides is 1. The van der Waals surface area contributed by atoms with Crippen molar-refractivity contribution in [2.75, 3.05) is 11.6 Å². The lowest BCUT2D eigenvalue weighted by Gasteiger charge is -2.27. The number of carbonyl (C=O) groups is 3. The molecule has 1 aromatic carbocycles. The highest BCUT2D eigenvalue weighted by Gasteiger charge is 2.37. The molecule has 9 heteroatoms. The fourth-order valence-corrected chi connectivity index (χ4v) is 6.96. The van der Waals surface area contributed by atoms with Crippen molar-refractivity contribution < 1.29 is 27.9 Å². The number of thiophene rings is 1. The first kappa shape index (κ1) is 23.6. The van der Waals surface area contributed by atoms with Crippen LogP contribution in [0, 0.1) is 11.8 Å². The molecule has 2 N–H and O–H groups in total. The lowest BCUT2D eigenvalue weighted by Crippen LogP contribution is -2.33. The fourth-order valence-electron chi connectivity index (χ4n) is 4.93. The van der Waals surface area contributed by atoms with E-state index in [-0.39, 0.29) is 23.0 Å². The summed E-state index contributed by atoms with van der Waals surface area (Å²) in [5.74, 6) is -2.50. The van der Waals surface area contributed by atoms with Crippen LogP contribution >= 0.6 is 11.3 Å². The standard InChI is InChI=1S/C24H27NO6S2/c1-33(30,31)15-11-9-14(10-12-15)25-23(27)22-18-7-4-8-20(18)32-21(22)13-19(26)16-5-2-3-6-17(16)24(28)29/h9-12,16-17H,2-8,13H2,1H3,(H,25,27)(H,28,29). The maximum atomic E-state index is 13.2. The van der Waals surface area contributed by atoms with Crippen LogP contribution in [-0.2, 0) is 38.7 Å². The first-order valence-electron chi connectivity index (χ1n) is 11.2. The molecule has 2 aromatic rings. The second-order valence-corrected chi connectivity index (χ2v) is 12.1. The van der Waals surface area contributed by atoms with Gasteiger partial charge in [0, 0.05) is 34.0 Å². The van der Waals surface area contributed by atoms with Crippen LogP contribution in [0.15, 0.2) is 29.2 Å². The van der Waals surface area contributed by atoms with Gasteiger partial charge in [0.1, 0.15) is 5.78 Å². The van der Waals surface area contributed by atoms with Crippen LogP contribution < -0.4 is 5.32 Å². The van der Waals surface area contributed by atoms with E-state index in [1.165, 1.54) is 23.5 Å². The maximum Gasteiger partial charge on any atom is 0.307 e. The minimum absolute atomic E-state index is 0.0713. The van der Waals surface area contributed by atoms with Crippen molar-refractivity contribution in [1.82, 2.24) is 0 Å². The summed E-state index contributed by atoms with van der Waals surface area (Å²) < 4.78 is 23.3. The number of hydrogen-bond acceptors (Lipinski definition) is 6. The number of Topliss-reactive ketones (excluding diaryl/α,β-unsaturated/α-hetero) is 1. The van der Waals surface area contributed by atoms with E-state index in [0.717, 1.165) is 48.8 Å². The van der Waals surface area contributed by atoms with Gasteiger partial charge in [0.2, 0.25) is 0 Å². The third-order valence-corrected chi connectivity index (χ3v) is 9.01. The summed E-state index contributed by atoms with van der Waals surface area (Å²) in [5, 5.41) is 12.4. The number of aliphatic carboxylic acids is 1. The lowest BCUT2D eigenvalue weighted by molar-refractivity contribution is -0.148. The molecular formula is C24H27NO6S2. The summed E-state index contributed by atoms with van der Waals surface area (Å²) in [7, 11) is -3.33. The van der Waals surface area contributed by atoms with Crippen LogP contribution in [0.2, 0.25) is 0 Å². The Bertz CT molecular complexity index is 1200. The van der Waals surface area contributed by atoms with Gasteiger partial charge < -0.3 is 10.4 Å². The van der Waals surface area contributed by atoms with E-state index in [4.69, 9.17) is 0 Å². The van der Waals surface area contributed by atoms with E-state index in [0.29, 0.717) is 29.0 Å². The van der Waals surface area contributed by atoms with Gasteiger partial charge in [-0.25, -0.2) is 8.42 Å². The summed E-state index contributed by atoms with van der Waals surface area (Å²) >= 11 is 1.49. The number of aryl methyl sites for hydroxylation is 1. The maximum absolute atomic E-state index is 13.2. The highest BCUT2D eigenvalue weighted by atomic mass is 32.2. The molecule has 0 spiro atoms. The van der Waals surface area contributed by atoms with E-state index in [2.05, 4.69) is 5.32 Å². The zero-order chi connectivity index (χ0) is 23.8. The van der Waals surface area contributed by atoms with Gasteiger partial charge in [-0.1, -0.05) is 12.8 Å². The van der Waals surface area contributed by atoms with Gasteiger partial charge in [0.25, 0.3) is 5.91 Å². The molecule has 1 fully saturated rings. The number of carboxylic acids is 1. The number of hydrogen-bond donors (Lipinski definition) is 2.